The Labute approximate surface area is 175 Å². The number of likely N-dealkylation sites (tertiary alicyclic amines) is 1. The normalized spacial score (nSPS) is 26.9. The Morgan fingerprint density at radius 2 is 1.82 bits per heavy atom. The molecule has 0 aromatic heterocycles. The molecule has 2 N–H and O–H groups in total. The van der Waals surface area contributed by atoms with E-state index in [2.05, 4.69) is 26.0 Å². The van der Waals surface area contributed by atoms with Gasteiger partial charge in [0.05, 0.1) is 13.2 Å². The number of benzene rings is 1. The minimum Gasteiger partial charge on any atom is -0.497 e. The van der Waals surface area contributed by atoms with E-state index >= 15 is 0 Å². The monoisotopic (exact) mass is 410 g/mol. The van der Waals surface area contributed by atoms with Crippen LogP contribution in [0.5, 0.6) is 5.75 Å². The van der Waals surface area contributed by atoms with Crippen LogP contribution in [0.15, 0.2) is 24.3 Å². The number of hydrogen-bond donors (Lipinski definition) is 1. The van der Waals surface area contributed by atoms with Crippen molar-refractivity contribution < 1.29 is 14.3 Å². The summed E-state index contributed by atoms with van der Waals surface area (Å²) < 4.78 is 11.0. The average molecular weight is 411 g/mol. The van der Waals surface area contributed by atoms with Gasteiger partial charge in [0.15, 0.2) is 0 Å². The fourth-order valence-corrected chi connectivity index (χ4v) is 4.52. The number of methoxy groups -OCH3 is 1. The van der Waals surface area contributed by atoms with Crippen molar-refractivity contribution in [3.63, 3.8) is 0 Å². The molecular weight excluding hydrogens is 376 g/mol. The molecule has 2 unspecified atom stereocenters. The summed E-state index contributed by atoms with van der Waals surface area (Å²) in [6, 6.07) is 8.30. The molecule has 1 aromatic rings. The molecule has 2 fully saturated rings. The SMILES string of the molecule is CCOC1CC(N)(C(=O)N2CCC(Cc3ccc(OC)cc3)CC2)C1(C)C.Cl. The zero-order valence-electron chi connectivity index (χ0n) is 17.6. The third-order valence-corrected chi connectivity index (χ3v) is 6.80. The van der Waals surface area contributed by atoms with Gasteiger partial charge in [-0.15, -0.1) is 12.4 Å². The molecular formula is C22H35ClN2O3. The van der Waals surface area contributed by atoms with Gasteiger partial charge in [0.25, 0.3) is 0 Å². The van der Waals surface area contributed by atoms with Gasteiger partial charge in [-0.2, -0.15) is 0 Å². The molecule has 28 heavy (non-hydrogen) atoms. The first-order valence-corrected chi connectivity index (χ1v) is 10.1. The van der Waals surface area contributed by atoms with Gasteiger partial charge in [-0.25, -0.2) is 0 Å². The lowest BCUT2D eigenvalue weighted by atomic mass is 9.54. The predicted molar refractivity (Wildman–Crippen MR) is 114 cm³/mol. The van der Waals surface area contributed by atoms with Crippen molar-refractivity contribution in [3.8, 4) is 5.75 Å². The van der Waals surface area contributed by atoms with Gasteiger partial charge < -0.3 is 20.1 Å². The molecule has 1 saturated heterocycles. The summed E-state index contributed by atoms with van der Waals surface area (Å²) in [7, 11) is 1.69. The van der Waals surface area contributed by atoms with Gasteiger partial charge in [0.2, 0.25) is 5.91 Å². The number of carbonyl (C=O) groups is 1. The molecule has 2 aliphatic rings. The van der Waals surface area contributed by atoms with Gasteiger partial charge in [-0.1, -0.05) is 26.0 Å². The van der Waals surface area contributed by atoms with Gasteiger partial charge in [0.1, 0.15) is 11.3 Å². The van der Waals surface area contributed by atoms with E-state index in [1.54, 1.807) is 7.11 Å². The molecule has 1 saturated carbocycles. The molecule has 5 nitrogen and oxygen atoms in total. The lowest BCUT2D eigenvalue weighted by molar-refractivity contribution is -0.180. The Kier molecular flexibility index (Phi) is 7.40. The number of piperidine rings is 1. The number of rotatable bonds is 6. The summed E-state index contributed by atoms with van der Waals surface area (Å²) in [6.07, 6.45) is 3.81. The molecule has 1 aliphatic heterocycles. The summed E-state index contributed by atoms with van der Waals surface area (Å²) in [5.41, 5.74) is 6.79. The highest BCUT2D eigenvalue weighted by Crippen LogP contribution is 2.50. The number of hydrogen-bond acceptors (Lipinski definition) is 4. The average Bonchev–Trinajstić information content (AvgIpc) is 2.68. The van der Waals surface area contributed by atoms with E-state index in [9.17, 15) is 4.79 Å². The first-order chi connectivity index (χ1) is 12.8. The number of carbonyl (C=O) groups excluding carboxylic acids is 1. The van der Waals surface area contributed by atoms with Gasteiger partial charge in [-0.3, -0.25) is 4.79 Å². The first kappa shape index (κ1) is 23.0. The van der Waals surface area contributed by atoms with Crippen LogP contribution in [0.1, 0.15) is 45.6 Å². The number of amides is 1. The van der Waals surface area contributed by atoms with Gasteiger partial charge >= 0.3 is 0 Å². The largest absolute Gasteiger partial charge is 0.497 e. The lowest BCUT2D eigenvalue weighted by Gasteiger charge is -2.59. The van der Waals surface area contributed by atoms with Crippen molar-refractivity contribution in [1.29, 1.82) is 0 Å². The van der Waals surface area contributed by atoms with Crippen molar-refractivity contribution in [1.82, 2.24) is 4.90 Å². The third-order valence-electron chi connectivity index (χ3n) is 6.80. The molecule has 3 rings (SSSR count). The zero-order chi connectivity index (χ0) is 19.7. The topological polar surface area (TPSA) is 64.8 Å². The maximum absolute atomic E-state index is 13.1. The third kappa shape index (κ3) is 4.17. The van der Waals surface area contributed by atoms with Crippen LogP contribution in [-0.4, -0.2) is 49.3 Å². The minimum absolute atomic E-state index is 0. The predicted octanol–water partition coefficient (Wildman–Crippen LogP) is 3.43. The Morgan fingerprint density at radius 3 is 2.32 bits per heavy atom. The van der Waals surface area contributed by atoms with Crippen molar-refractivity contribution in [2.75, 3.05) is 26.8 Å². The second-order valence-corrected chi connectivity index (χ2v) is 8.63. The molecule has 6 heteroatoms. The van der Waals surface area contributed by atoms with Crippen LogP contribution in [0, 0.1) is 11.3 Å². The summed E-state index contributed by atoms with van der Waals surface area (Å²) in [4.78, 5) is 15.1. The van der Waals surface area contributed by atoms with Gasteiger partial charge in [0, 0.05) is 31.5 Å². The standard InChI is InChI=1S/C22H34N2O3.ClH/c1-5-27-19-15-22(23,21(19,2)3)20(25)24-12-10-17(11-13-24)14-16-6-8-18(26-4)9-7-16;/h6-9,17,19H,5,10-15,23H2,1-4H3;1H. The molecule has 1 aromatic carbocycles. The number of nitrogens with zero attached hydrogens (tertiary/aromatic N) is 1. The van der Waals surface area contributed by atoms with E-state index in [4.69, 9.17) is 15.2 Å². The minimum atomic E-state index is -0.796. The number of ether oxygens (including phenoxy) is 2. The highest BCUT2D eigenvalue weighted by atomic mass is 35.5. The molecule has 0 spiro atoms. The molecule has 1 amide bonds. The van der Waals surface area contributed by atoms with E-state index in [1.807, 2.05) is 24.0 Å². The van der Waals surface area contributed by atoms with Crippen LogP contribution in [0.4, 0.5) is 0 Å². The van der Waals surface area contributed by atoms with Gasteiger partial charge in [-0.05, 0) is 49.8 Å². The Bertz CT molecular complexity index is 656. The summed E-state index contributed by atoms with van der Waals surface area (Å²) >= 11 is 0. The molecule has 2 atom stereocenters. The smallest absolute Gasteiger partial charge is 0.243 e. The second-order valence-electron chi connectivity index (χ2n) is 8.63. The van der Waals surface area contributed by atoms with Crippen molar-refractivity contribution in [3.05, 3.63) is 29.8 Å². The van der Waals surface area contributed by atoms with E-state index in [1.165, 1.54) is 5.56 Å². The molecule has 0 bridgehead atoms. The van der Waals surface area contributed by atoms with E-state index in [0.717, 1.165) is 38.1 Å². The van der Waals surface area contributed by atoms with E-state index < -0.39 is 5.54 Å². The summed E-state index contributed by atoms with van der Waals surface area (Å²) in [5.74, 6) is 1.61. The lowest BCUT2D eigenvalue weighted by Crippen LogP contribution is -2.76. The molecule has 1 aliphatic carbocycles. The van der Waals surface area contributed by atoms with Crippen LogP contribution in [-0.2, 0) is 16.0 Å². The molecule has 0 radical (unpaired) electrons. The molecule has 158 valence electrons. The van der Waals surface area contributed by atoms with Crippen molar-refractivity contribution in [2.45, 2.75) is 58.1 Å². The second kappa shape index (κ2) is 9.02. The van der Waals surface area contributed by atoms with E-state index in [0.29, 0.717) is 18.9 Å². The number of nitrogens with two attached hydrogens (primary N) is 1. The maximum Gasteiger partial charge on any atom is 0.243 e. The summed E-state index contributed by atoms with van der Waals surface area (Å²) in [6.45, 7) is 8.37. The van der Waals surface area contributed by atoms with Crippen LogP contribution in [0.25, 0.3) is 0 Å². The zero-order valence-corrected chi connectivity index (χ0v) is 18.4. The van der Waals surface area contributed by atoms with Crippen LogP contribution >= 0.6 is 12.4 Å². The van der Waals surface area contributed by atoms with Crippen molar-refractivity contribution in [2.24, 2.45) is 17.1 Å². The first-order valence-electron chi connectivity index (χ1n) is 10.1. The summed E-state index contributed by atoms with van der Waals surface area (Å²) in [5, 5.41) is 0. The Hall–Kier alpha value is -1.30. The Morgan fingerprint density at radius 1 is 1.21 bits per heavy atom. The Balaban J connectivity index is 0.00000280. The van der Waals surface area contributed by atoms with Crippen LogP contribution < -0.4 is 10.5 Å². The highest BCUT2D eigenvalue weighted by Gasteiger charge is 2.63. The fraction of sp³-hybridized carbons (Fsp3) is 0.682. The van der Waals surface area contributed by atoms with Crippen molar-refractivity contribution >= 4 is 18.3 Å². The highest BCUT2D eigenvalue weighted by molar-refractivity contribution is 5.89. The van der Waals surface area contributed by atoms with Crippen LogP contribution in [0.2, 0.25) is 0 Å². The number of halogens is 1. The van der Waals surface area contributed by atoms with E-state index in [-0.39, 0.29) is 29.8 Å². The molecule has 1 heterocycles. The quantitative estimate of drug-likeness (QED) is 0.780. The van der Waals surface area contributed by atoms with Crippen LogP contribution in [0.3, 0.4) is 0 Å². The maximum atomic E-state index is 13.1. The fourth-order valence-electron chi connectivity index (χ4n) is 4.52.